The lowest BCUT2D eigenvalue weighted by atomic mass is 10.1. The van der Waals surface area contributed by atoms with Gasteiger partial charge in [-0.15, -0.1) is 0 Å². The van der Waals surface area contributed by atoms with Crippen molar-refractivity contribution in [3.05, 3.63) is 18.1 Å². The molecule has 12 heavy (non-hydrogen) atoms. The minimum Gasteiger partial charge on any atom is -0.493 e. The van der Waals surface area contributed by atoms with Gasteiger partial charge in [0, 0.05) is 6.61 Å². The predicted octanol–water partition coefficient (Wildman–Crippen LogP) is 2.51. The van der Waals surface area contributed by atoms with Crippen LogP contribution in [0.5, 0.6) is 0 Å². The molecule has 70 valence electrons. The van der Waals surface area contributed by atoms with Crippen LogP contribution in [0.2, 0.25) is 0 Å². The second-order valence-corrected chi connectivity index (χ2v) is 2.92. The number of ether oxygens (including phenoxy) is 2. The smallest absolute Gasteiger partial charge is 0.125 e. The lowest BCUT2D eigenvalue weighted by Crippen LogP contribution is -2.20. The summed E-state index contributed by atoms with van der Waals surface area (Å²) < 4.78 is 10.4. The van der Waals surface area contributed by atoms with Crippen LogP contribution < -0.4 is 0 Å². The van der Waals surface area contributed by atoms with Gasteiger partial charge in [-0.25, -0.2) is 0 Å². The fraction of sp³-hybridized carbons (Fsp3) is 0.700. The Hall–Kier alpha value is -0.720. The molecular formula is C10H18O2. The third-order valence-electron chi connectivity index (χ3n) is 1.27. The Bertz CT molecular complexity index is 165. The molecule has 0 saturated heterocycles. The Labute approximate surface area is 74.9 Å². The first-order valence-corrected chi connectivity index (χ1v) is 4.30. The first-order chi connectivity index (χ1) is 5.62. The van der Waals surface area contributed by atoms with Crippen molar-refractivity contribution in [3.8, 4) is 0 Å². The average Bonchev–Trinajstić information content (AvgIpc) is 1.98. The quantitative estimate of drug-likeness (QED) is 0.466. The molecule has 0 N–H and O–H groups in total. The van der Waals surface area contributed by atoms with Crippen LogP contribution in [-0.4, -0.2) is 18.8 Å². The van der Waals surface area contributed by atoms with Crippen molar-refractivity contribution in [1.82, 2.24) is 0 Å². The highest BCUT2D eigenvalue weighted by molar-refractivity contribution is 4.95. The monoisotopic (exact) mass is 170 g/mol. The Morgan fingerprint density at radius 3 is 2.42 bits per heavy atom. The van der Waals surface area contributed by atoms with E-state index in [1.807, 2.05) is 33.8 Å². The molecule has 0 aromatic rings. The highest BCUT2D eigenvalue weighted by Crippen LogP contribution is 2.09. The maximum Gasteiger partial charge on any atom is 0.125 e. The standard InChI is InChI=1S/C10H18O2/c1-5-11-9-7-8-10(3,4)12-6-2/h8-9H,5-6H2,1-4H3. The van der Waals surface area contributed by atoms with Crippen LogP contribution in [0, 0.1) is 0 Å². The Balaban J connectivity index is 3.93. The summed E-state index contributed by atoms with van der Waals surface area (Å²) >= 11 is 0. The first kappa shape index (κ1) is 11.3. The average molecular weight is 170 g/mol. The molecule has 0 fully saturated rings. The van der Waals surface area contributed by atoms with E-state index in [0.29, 0.717) is 13.2 Å². The maximum atomic E-state index is 5.42. The van der Waals surface area contributed by atoms with Gasteiger partial charge in [0.05, 0.1) is 12.2 Å². The molecule has 0 unspecified atom stereocenters. The molecular weight excluding hydrogens is 152 g/mol. The topological polar surface area (TPSA) is 18.5 Å². The predicted molar refractivity (Wildman–Crippen MR) is 50.0 cm³/mol. The van der Waals surface area contributed by atoms with Gasteiger partial charge in [-0.2, -0.15) is 0 Å². The van der Waals surface area contributed by atoms with Crippen LogP contribution >= 0.6 is 0 Å². The van der Waals surface area contributed by atoms with E-state index in [1.54, 1.807) is 6.26 Å². The number of hydrogen-bond donors (Lipinski definition) is 0. The van der Waals surface area contributed by atoms with E-state index in [9.17, 15) is 0 Å². The van der Waals surface area contributed by atoms with Gasteiger partial charge in [-0.1, -0.05) is 5.73 Å². The van der Waals surface area contributed by atoms with Gasteiger partial charge >= 0.3 is 0 Å². The Kier molecular flexibility index (Phi) is 5.52. The van der Waals surface area contributed by atoms with Crippen LogP contribution in [0.3, 0.4) is 0 Å². The van der Waals surface area contributed by atoms with E-state index in [0.717, 1.165) is 0 Å². The zero-order valence-corrected chi connectivity index (χ0v) is 8.39. The molecule has 0 radical (unpaired) electrons. The van der Waals surface area contributed by atoms with Gasteiger partial charge in [-0.05, 0) is 33.8 Å². The number of rotatable bonds is 5. The Morgan fingerprint density at radius 1 is 1.25 bits per heavy atom. The SMILES string of the molecule is CCOC=C=CC(C)(C)OCC. The van der Waals surface area contributed by atoms with Crippen LogP contribution in [0.1, 0.15) is 27.7 Å². The molecule has 0 heterocycles. The molecule has 2 nitrogen and oxygen atoms in total. The molecule has 0 atom stereocenters. The molecule has 0 aromatic carbocycles. The summed E-state index contributed by atoms with van der Waals surface area (Å²) in [5, 5.41) is 0. The molecule has 0 aliphatic heterocycles. The molecule has 0 spiro atoms. The van der Waals surface area contributed by atoms with Gasteiger partial charge < -0.3 is 9.47 Å². The van der Waals surface area contributed by atoms with Crippen molar-refractivity contribution >= 4 is 0 Å². The van der Waals surface area contributed by atoms with Crippen molar-refractivity contribution < 1.29 is 9.47 Å². The molecule has 0 rings (SSSR count). The van der Waals surface area contributed by atoms with Crippen LogP contribution in [0.25, 0.3) is 0 Å². The summed E-state index contributed by atoms with van der Waals surface area (Å²) in [6.45, 7) is 9.27. The normalized spacial score (nSPS) is 10.3. The van der Waals surface area contributed by atoms with Crippen molar-refractivity contribution in [3.63, 3.8) is 0 Å². The summed E-state index contributed by atoms with van der Waals surface area (Å²) in [7, 11) is 0. The zero-order chi connectivity index (χ0) is 9.45. The van der Waals surface area contributed by atoms with Gasteiger partial charge in [0.25, 0.3) is 0 Å². The minimum atomic E-state index is -0.248. The third-order valence-corrected chi connectivity index (χ3v) is 1.27. The maximum absolute atomic E-state index is 5.42. The van der Waals surface area contributed by atoms with E-state index in [-0.39, 0.29) is 5.60 Å². The van der Waals surface area contributed by atoms with Crippen molar-refractivity contribution in [2.75, 3.05) is 13.2 Å². The first-order valence-electron chi connectivity index (χ1n) is 4.30. The van der Waals surface area contributed by atoms with Crippen molar-refractivity contribution in [1.29, 1.82) is 0 Å². The van der Waals surface area contributed by atoms with E-state index in [4.69, 9.17) is 9.47 Å². The second-order valence-electron chi connectivity index (χ2n) is 2.92. The van der Waals surface area contributed by atoms with Crippen LogP contribution in [0.4, 0.5) is 0 Å². The highest BCUT2D eigenvalue weighted by atomic mass is 16.5. The summed E-state index contributed by atoms with van der Waals surface area (Å²) in [4.78, 5) is 0. The van der Waals surface area contributed by atoms with E-state index < -0.39 is 0 Å². The van der Waals surface area contributed by atoms with Crippen LogP contribution in [0.15, 0.2) is 18.1 Å². The highest BCUT2D eigenvalue weighted by Gasteiger charge is 2.11. The number of hydrogen-bond acceptors (Lipinski definition) is 2. The molecule has 2 heteroatoms. The van der Waals surface area contributed by atoms with E-state index >= 15 is 0 Å². The molecule has 0 aliphatic rings. The molecule has 0 aliphatic carbocycles. The fourth-order valence-electron chi connectivity index (χ4n) is 0.780. The third kappa shape index (κ3) is 6.02. The lowest BCUT2D eigenvalue weighted by molar-refractivity contribution is 0.0286. The van der Waals surface area contributed by atoms with Gasteiger partial charge in [0.2, 0.25) is 0 Å². The molecule has 0 amide bonds. The minimum absolute atomic E-state index is 0.248. The second kappa shape index (κ2) is 5.87. The van der Waals surface area contributed by atoms with Gasteiger partial charge in [0.15, 0.2) is 0 Å². The zero-order valence-electron chi connectivity index (χ0n) is 8.39. The van der Waals surface area contributed by atoms with E-state index in [1.165, 1.54) is 0 Å². The van der Waals surface area contributed by atoms with Crippen molar-refractivity contribution in [2.24, 2.45) is 0 Å². The van der Waals surface area contributed by atoms with Crippen LogP contribution in [-0.2, 0) is 9.47 Å². The van der Waals surface area contributed by atoms with Crippen molar-refractivity contribution in [2.45, 2.75) is 33.3 Å². The summed E-state index contributed by atoms with van der Waals surface area (Å²) in [5.41, 5.74) is 2.67. The summed E-state index contributed by atoms with van der Waals surface area (Å²) in [6.07, 6.45) is 3.41. The molecule has 0 aromatic heterocycles. The largest absolute Gasteiger partial charge is 0.493 e. The van der Waals surface area contributed by atoms with Gasteiger partial charge in [-0.3, -0.25) is 0 Å². The summed E-state index contributed by atoms with van der Waals surface area (Å²) in [6, 6.07) is 0. The van der Waals surface area contributed by atoms with E-state index in [2.05, 4.69) is 5.73 Å². The fourth-order valence-corrected chi connectivity index (χ4v) is 0.780. The summed E-state index contributed by atoms with van der Waals surface area (Å²) in [5.74, 6) is 0. The molecule has 0 saturated carbocycles. The van der Waals surface area contributed by atoms with Gasteiger partial charge in [0.1, 0.15) is 6.26 Å². The Morgan fingerprint density at radius 2 is 1.92 bits per heavy atom. The molecule has 0 bridgehead atoms. The lowest BCUT2D eigenvalue weighted by Gasteiger charge is -2.18.